The van der Waals surface area contributed by atoms with Crippen LogP contribution in [0.1, 0.15) is 70.2 Å². The van der Waals surface area contributed by atoms with Crippen molar-refractivity contribution in [3.8, 4) is 0 Å². The second-order valence-corrected chi connectivity index (χ2v) is 7.73. The predicted octanol–water partition coefficient (Wildman–Crippen LogP) is 2.69. The van der Waals surface area contributed by atoms with E-state index in [1.54, 1.807) is 6.20 Å². The summed E-state index contributed by atoms with van der Waals surface area (Å²) in [5.74, 6) is -1.20. The molecule has 3 rings (SSSR count). The van der Waals surface area contributed by atoms with Gasteiger partial charge in [0.05, 0.1) is 17.5 Å². The van der Waals surface area contributed by atoms with Crippen LogP contribution < -0.4 is 5.32 Å². The number of carbonyl (C=O) groups is 2. The van der Waals surface area contributed by atoms with E-state index in [9.17, 15) is 9.59 Å². The van der Waals surface area contributed by atoms with Crippen LogP contribution in [0.2, 0.25) is 0 Å². The SMILES string of the molecule is CC(C)n1nccc1[C@@H]1OCCC[C@H]1C(=O)NC1CCC(C(=O)O)CC1. The highest BCUT2D eigenvalue weighted by Crippen LogP contribution is 2.35. The van der Waals surface area contributed by atoms with Gasteiger partial charge in [0.15, 0.2) is 0 Å². The average Bonchev–Trinajstić information content (AvgIpc) is 3.12. The molecule has 0 spiro atoms. The van der Waals surface area contributed by atoms with E-state index >= 15 is 0 Å². The quantitative estimate of drug-likeness (QED) is 0.839. The lowest BCUT2D eigenvalue weighted by Crippen LogP contribution is -2.44. The Morgan fingerprint density at radius 1 is 1.27 bits per heavy atom. The van der Waals surface area contributed by atoms with Crippen molar-refractivity contribution in [3.05, 3.63) is 18.0 Å². The average molecular weight is 363 g/mol. The molecule has 0 unspecified atom stereocenters. The van der Waals surface area contributed by atoms with Crippen LogP contribution in [-0.2, 0) is 14.3 Å². The van der Waals surface area contributed by atoms with E-state index in [0.29, 0.717) is 19.4 Å². The summed E-state index contributed by atoms with van der Waals surface area (Å²) in [6.07, 6.45) is 5.87. The molecule has 0 bridgehead atoms. The maximum Gasteiger partial charge on any atom is 0.306 e. The summed E-state index contributed by atoms with van der Waals surface area (Å²) in [6.45, 7) is 4.78. The topological polar surface area (TPSA) is 93.5 Å². The number of aromatic nitrogens is 2. The lowest BCUT2D eigenvalue weighted by atomic mass is 9.85. The van der Waals surface area contributed by atoms with Crippen molar-refractivity contribution in [2.75, 3.05) is 6.61 Å². The van der Waals surface area contributed by atoms with Crippen molar-refractivity contribution in [1.29, 1.82) is 0 Å². The molecule has 144 valence electrons. The van der Waals surface area contributed by atoms with Gasteiger partial charge >= 0.3 is 5.97 Å². The molecule has 1 amide bonds. The van der Waals surface area contributed by atoms with E-state index in [0.717, 1.165) is 31.4 Å². The fraction of sp³-hybridized carbons (Fsp3) is 0.737. The van der Waals surface area contributed by atoms with Gasteiger partial charge in [-0.05, 0) is 58.4 Å². The molecule has 2 atom stereocenters. The molecule has 1 aliphatic heterocycles. The van der Waals surface area contributed by atoms with E-state index in [1.807, 2.05) is 10.7 Å². The molecule has 1 aliphatic carbocycles. The molecular weight excluding hydrogens is 334 g/mol. The Hall–Kier alpha value is -1.89. The number of hydrogen-bond donors (Lipinski definition) is 2. The summed E-state index contributed by atoms with van der Waals surface area (Å²) in [7, 11) is 0. The minimum atomic E-state index is -0.725. The van der Waals surface area contributed by atoms with Gasteiger partial charge in [-0.2, -0.15) is 5.10 Å². The zero-order chi connectivity index (χ0) is 18.7. The van der Waals surface area contributed by atoms with Crippen LogP contribution in [-0.4, -0.2) is 39.4 Å². The van der Waals surface area contributed by atoms with Gasteiger partial charge in [-0.25, -0.2) is 0 Å². The molecule has 1 saturated carbocycles. The number of aliphatic carboxylic acids is 1. The van der Waals surface area contributed by atoms with Crippen molar-refractivity contribution in [1.82, 2.24) is 15.1 Å². The first-order chi connectivity index (χ1) is 12.5. The monoisotopic (exact) mass is 363 g/mol. The fourth-order valence-corrected chi connectivity index (χ4v) is 4.12. The van der Waals surface area contributed by atoms with Crippen molar-refractivity contribution in [2.45, 2.75) is 70.6 Å². The summed E-state index contributed by atoms with van der Waals surface area (Å²) in [6, 6.07) is 2.21. The summed E-state index contributed by atoms with van der Waals surface area (Å²) < 4.78 is 7.91. The third kappa shape index (κ3) is 4.09. The molecule has 1 aromatic rings. The number of carboxylic acid groups (broad SMARTS) is 1. The van der Waals surface area contributed by atoms with Crippen molar-refractivity contribution in [3.63, 3.8) is 0 Å². The Balaban J connectivity index is 1.65. The minimum absolute atomic E-state index is 0.0185. The standard InChI is InChI=1S/C19H29N3O4/c1-12(2)22-16(9-10-20-22)17-15(4-3-11-26-17)18(23)21-14-7-5-13(6-8-14)19(24)25/h9-10,12-15,17H,3-8,11H2,1-2H3,(H,21,23)(H,24,25)/t13?,14?,15-,17-/m1/s1. The Kier molecular flexibility index (Phi) is 5.96. The summed E-state index contributed by atoms with van der Waals surface area (Å²) >= 11 is 0. The van der Waals surface area contributed by atoms with Crippen LogP contribution in [0, 0.1) is 11.8 Å². The van der Waals surface area contributed by atoms with E-state index in [1.165, 1.54) is 0 Å². The van der Waals surface area contributed by atoms with E-state index in [2.05, 4.69) is 24.3 Å². The van der Waals surface area contributed by atoms with Gasteiger partial charge in [-0.15, -0.1) is 0 Å². The number of amides is 1. The van der Waals surface area contributed by atoms with E-state index in [-0.39, 0.29) is 35.9 Å². The Morgan fingerprint density at radius 3 is 2.65 bits per heavy atom. The third-order valence-corrected chi connectivity index (χ3v) is 5.56. The molecule has 1 aromatic heterocycles. The Bertz CT molecular complexity index is 634. The first-order valence-electron chi connectivity index (χ1n) is 9.65. The van der Waals surface area contributed by atoms with Crippen molar-refractivity contribution < 1.29 is 19.4 Å². The second kappa shape index (κ2) is 8.20. The van der Waals surface area contributed by atoms with Gasteiger partial charge in [0.1, 0.15) is 6.10 Å². The molecule has 7 nitrogen and oxygen atoms in total. The minimum Gasteiger partial charge on any atom is -0.481 e. The number of hydrogen-bond acceptors (Lipinski definition) is 4. The number of rotatable bonds is 5. The maximum atomic E-state index is 12.9. The molecule has 2 N–H and O–H groups in total. The highest BCUT2D eigenvalue weighted by atomic mass is 16.5. The summed E-state index contributed by atoms with van der Waals surface area (Å²) in [5, 5.41) is 16.6. The second-order valence-electron chi connectivity index (χ2n) is 7.73. The van der Waals surface area contributed by atoms with Crippen molar-refractivity contribution >= 4 is 11.9 Å². The lowest BCUT2D eigenvalue weighted by Gasteiger charge is -2.34. The first-order valence-corrected chi connectivity index (χ1v) is 9.65. The molecule has 0 aromatic carbocycles. The maximum absolute atomic E-state index is 12.9. The predicted molar refractivity (Wildman–Crippen MR) is 95.6 cm³/mol. The van der Waals surface area contributed by atoms with Crippen LogP contribution in [0.4, 0.5) is 0 Å². The molecule has 7 heteroatoms. The van der Waals surface area contributed by atoms with Gasteiger partial charge in [0, 0.05) is 24.9 Å². The normalized spacial score (nSPS) is 29.5. The smallest absolute Gasteiger partial charge is 0.306 e. The molecule has 2 aliphatic rings. The Labute approximate surface area is 154 Å². The molecule has 2 fully saturated rings. The van der Waals surface area contributed by atoms with Gasteiger partial charge < -0.3 is 15.2 Å². The summed E-state index contributed by atoms with van der Waals surface area (Å²) in [4.78, 5) is 24.0. The highest BCUT2D eigenvalue weighted by molar-refractivity contribution is 5.80. The molecule has 1 saturated heterocycles. The fourth-order valence-electron chi connectivity index (χ4n) is 4.12. The number of ether oxygens (including phenoxy) is 1. The highest BCUT2D eigenvalue weighted by Gasteiger charge is 2.37. The Morgan fingerprint density at radius 2 is 2.00 bits per heavy atom. The largest absolute Gasteiger partial charge is 0.481 e. The molecule has 0 radical (unpaired) electrons. The van der Waals surface area contributed by atoms with E-state index in [4.69, 9.17) is 9.84 Å². The third-order valence-electron chi connectivity index (χ3n) is 5.56. The molecular formula is C19H29N3O4. The van der Waals surface area contributed by atoms with Crippen LogP contribution in [0.5, 0.6) is 0 Å². The zero-order valence-corrected chi connectivity index (χ0v) is 15.6. The van der Waals surface area contributed by atoms with Gasteiger partial charge in [0.2, 0.25) is 5.91 Å². The zero-order valence-electron chi connectivity index (χ0n) is 15.6. The number of nitrogens with zero attached hydrogens (tertiary/aromatic N) is 2. The molecule has 26 heavy (non-hydrogen) atoms. The van der Waals surface area contributed by atoms with Gasteiger partial charge in [-0.3, -0.25) is 14.3 Å². The number of nitrogens with one attached hydrogen (secondary N) is 1. The van der Waals surface area contributed by atoms with Gasteiger partial charge in [0.25, 0.3) is 0 Å². The van der Waals surface area contributed by atoms with Crippen LogP contribution >= 0.6 is 0 Å². The summed E-state index contributed by atoms with van der Waals surface area (Å²) in [5.41, 5.74) is 0.953. The molecule has 2 heterocycles. The first kappa shape index (κ1) is 18.9. The van der Waals surface area contributed by atoms with E-state index < -0.39 is 5.97 Å². The van der Waals surface area contributed by atoms with Crippen molar-refractivity contribution in [2.24, 2.45) is 11.8 Å². The number of carboxylic acids is 1. The number of carbonyl (C=O) groups excluding carboxylic acids is 1. The van der Waals surface area contributed by atoms with Crippen LogP contribution in [0.3, 0.4) is 0 Å². The van der Waals surface area contributed by atoms with Crippen LogP contribution in [0.15, 0.2) is 12.3 Å². The van der Waals surface area contributed by atoms with Gasteiger partial charge in [-0.1, -0.05) is 0 Å². The van der Waals surface area contributed by atoms with Crippen LogP contribution in [0.25, 0.3) is 0 Å². The lowest BCUT2D eigenvalue weighted by molar-refractivity contribution is -0.143.